The molecule has 0 saturated carbocycles. The number of aryl methyl sites for hydroxylation is 4. The maximum Gasteiger partial charge on any atom is 0.279 e. The highest BCUT2D eigenvalue weighted by Crippen LogP contribution is 2.23. The quantitative estimate of drug-likeness (QED) is 0.381. The molecule has 0 bridgehead atoms. The average Bonchev–Trinajstić information content (AvgIpc) is 3.10. The Hall–Kier alpha value is -3.23. The van der Waals surface area contributed by atoms with Crippen molar-refractivity contribution in [3.63, 3.8) is 0 Å². The van der Waals surface area contributed by atoms with Gasteiger partial charge in [-0.1, -0.05) is 36.0 Å². The summed E-state index contributed by atoms with van der Waals surface area (Å²) in [6, 6.07) is 17.2. The van der Waals surface area contributed by atoms with E-state index >= 15 is 0 Å². The highest BCUT2D eigenvalue weighted by atomic mass is 32.2. The van der Waals surface area contributed by atoms with Crippen molar-refractivity contribution in [1.29, 1.82) is 0 Å². The number of hydrogen-bond donors (Lipinski definition) is 1. The number of anilines is 1. The van der Waals surface area contributed by atoms with Gasteiger partial charge in [-0.2, -0.15) is 4.99 Å². The number of carbonyl (C=O) groups is 1. The first-order valence-electron chi connectivity index (χ1n) is 11.1. The van der Waals surface area contributed by atoms with Crippen LogP contribution in [-0.2, 0) is 16.6 Å². The topological polar surface area (TPSA) is 80.5 Å². The molecule has 6 nitrogen and oxygen atoms in total. The molecule has 0 unspecified atom stereocenters. The van der Waals surface area contributed by atoms with Crippen LogP contribution in [0.2, 0.25) is 0 Å². The summed E-state index contributed by atoms with van der Waals surface area (Å²) >= 11 is 1.50. The maximum atomic E-state index is 12.9. The number of benzene rings is 3. The number of nitrogens with zero attached hydrogens (tertiary/aromatic N) is 2. The Morgan fingerprint density at radius 3 is 2.26 bits per heavy atom. The average molecular weight is 494 g/mol. The Kier molecular flexibility index (Phi) is 6.72. The Balaban J connectivity index is 1.61. The summed E-state index contributed by atoms with van der Waals surface area (Å²) in [4.78, 5) is 18.2. The van der Waals surface area contributed by atoms with Crippen molar-refractivity contribution in [2.24, 2.45) is 4.99 Å². The molecule has 0 spiro atoms. The third-order valence-corrected chi connectivity index (χ3v) is 8.10. The first kappa shape index (κ1) is 23.9. The van der Waals surface area contributed by atoms with E-state index in [1.165, 1.54) is 22.5 Å². The van der Waals surface area contributed by atoms with Crippen LogP contribution in [0.25, 0.3) is 10.2 Å². The van der Waals surface area contributed by atoms with Gasteiger partial charge in [-0.25, -0.2) is 8.42 Å². The smallest absolute Gasteiger partial charge is 0.279 e. The fraction of sp³-hybridized carbons (Fsp3) is 0.231. The lowest BCUT2D eigenvalue weighted by Gasteiger charge is -2.08. The van der Waals surface area contributed by atoms with Crippen molar-refractivity contribution in [3.05, 3.63) is 87.7 Å². The summed E-state index contributed by atoms with van der Waals surface area (Å²) < 4.78 is 31.0. The summed E-state index contributed by atoms with van der Waals surface area (Å²) in [5.41, 5.74) is 5.25. The number of thiazole rings is 1. The van der Waals surface area contributed by atoms with Gasteiger partial charge in [0.2, 0.25) is 0 Å². The van der Waals surface area contributed by atoms with Crippen LogP contribution in [-0.4, -0.2) is 18.9 Å². The molecular formula is C26H27N3O3S2. The van der Waals surface area contributed by atoms with Gasteiger partial charge < -0.3 is 4.57 Å². The molecule has 1 amide bonds. The number of carbonyl (C=O) groups excluding carboxylic acids is 1. The molecule has 0 saturated heterocycles. The van der Waals surface area contributed by atoms with Gasteiger partial charge in [-0.05, 0) is 86.8 Å². The lowest BCUT2D eigenvalue weighted by atomic mass is 10.1. The third kappa shape index (κ3) is 4.98. The fourth-order valence-corrected chi connectivity index (χ4v) is 5.80. The predicted molar refractivity (Wildman–Crippen MR) is 138 cm³/mol. The molecule has 176 valence electrons. The molecule has 1 heterocycles. The van der Waals surface area contributed by atoms with E-state index in [0.717, 1.165) is 28.7 Å². The van der Waals surface area contributed by atoms with Gasteiger partial charge in [-0.3, -0.25) is 9.52 Å². The zero-order valence-corrected chi connectivity index (χ0v) is 21.3. The Bertz CT molecular complexity index is 1530. The van der Waals surface area contributed by atoms with Crippen LogP contribution in [0.15, 0.2) is 70.6 Å². The Morgan fingerprint density at radius 1 is 0.971 bits per heavy atom. The van der Waals surface area contributed by atoms with E-state index in [0.29, 0.717) is 16.1 Å². The predicted octanol–water partition coefficient (Wildman–Crippen LogP) is 5.58. The van der Waals surface area contributed by atoms with Crippen molar-refractivity contribution in [1.82, 2.24) is 4.57 Å². The van der Waals surface area contributed by atoms with Gasteiger partial charge in [0, 0.05) is 17.8 Å². The summed E-state index contributed by atoms with van der Waals surface area (Å²) in [5.74, 6) is -0.363. The first-order valence-corrected chi connectivity index (χ1v) is 13.4. The highest BCUT2D eigenvalue weighted by Gasteiger charge is 2.15. The number of sulfonamides is 1. The lowest BCUT2D eigenvalue weighted by molar-refractivity contribution is 0.0998. The minimum absolute atomic E-state index is 0.184. The molecule has 0 aliphatic rings. The van der Waals surface area contributed by atoms with Crippen LogP contribution in [0, 0.1) is 20.8 Å². The van der Waals surface area contributed by atoms with Crippen molar-refractivity contribution in [3.8, 4) is 0 Å². The van der Waals surface area contributed by atoms with Crippen molar-refractivity contribution >= 4 is 43.2 Å². The zero-order valence-electron chi connectivity index (χ0n) is 19.6. The molecule has 0 radical (unpaired) electrons. The summed E-state index contributed by atoms with van der Waals surface area (Å²) in [7, 11) is -3.71. The minimum Gasteiger partial charge on any atom is -0.316 e. The van der Waals surface area contributed by atoms with Gasteiger partial charge in [0.05, 0.1) is 15.1 Å². The van der Waals surface area contributed by atoms with Crippen molar-refractivity contribution in [2.45, 2.75) is 45.6 Å². The second kappa shape index (κ2) is 9.56. The fourth-order valence-electron chi connectivity index (χ4n) is 3.61. The minimum atomic E-state index is -3.71. The number of aromatic nitrogens is 1. The van der Waals surface area contributed by atoms with E-state index in [-0.39, 0.29) is 10.8 Å². The molecule has 1 aromatic heterocycles. The molecule has 0 fully saturated rings. The standard InChI is InChI=1S/C26H27N3O3S2/c1-5-14-29-23-15-18(3)19(4)16-24(23)33-26(29)27-25(30)20-8-10-21(11-9-20)28-34(31,32)22-12-6-17(2)7-13-22/h6-13,15-16,28H,5,14H2,1-4H3. The second-order valence-electron chi connectivity index (χ2n) is 8.35. The van der Waals surface area contributed by atoms with E-state index < -0.39 is 10.0 Å². The molecule has 0 aliphatic heterocycles. The first-order chi connectivity index (χ1) is 16.2. The number of amides is 1. The van der Waals surface area contributed by atoms with E-state index in [1.807, 2.05) is 6.92 Å². The van der Waals surface area contributed by atoms with Gasteiger partial charge in [0.15, 0.2) is 4.80 Å². The van der Waals surface area contributed by atoms with Crippen LogP contribution in [0.3, 0.4) is 0 Å². The molecule has 3 aromatic carbocycles. The third-order valence-electron chi connectivity index (χ3n) is 5.66. The van der Waals surface area contributed by atoms with Crippen LogP contribution >= 0.6 is 11.3 Å². The molecule has 8 heteroatoms. The number of rotatable bonds is 6. The molecule has 0 aliphatic carbocycles. The second-order valence-corrected chi connectivity index (χ2v) is 11.0. The van der Waals surface area contributed by atoms with Crippen LogP contribution in [0.4, 0.5) is 5.69 Å². The van der Waals surface area contributed by atoms with Crippen LogP contribution < -0.4 is 9.52 Å². The zero-order chi connectivity index (χ0) is 24.5. The van der Waals surface area contributed by atoms with Crippen molar-refractivity contribution in [2.75, 3.05) is 4.72 Å². The summed E-state index contributed by atoms with van der Waals surface area (Å²) in [5, 5.41) is 0. The lowest BCUT2D eigenvalue weighted by Crippen LogP contribution is -2.17. The van der Waals surface area contributed by atoms with E-state index in [1.54, 1.807) is 48.5 Å². The molecule has 1 N–H and O–H groups in total. The largest absolute Gasteiger partial charge is 0.316 e. The molecule has 34 heavy (non-hydrogen) atoms. The van der Waals surface area contributed by atoms with Gasteiger partial charge in [0.1, 0.15) is 0 Å². The Labute approximate surface area is 203 Å². The number of hydrogen-bond acceptors (Lipinski definition) is 4. The van der Waals surface area contributed by atoms with Gasteiger partial charge >= 0.3 is 0 Å². The summed E-state index contributed by atoms with van der Waals surface area (Å²) in [6.07, 6.45) is 0.927. The van der Waals surface area contributed by atoms with Gasteiger partial charge in [0.25, 0.3) is 15.9 Å². The number of nitrogens with one attached hydrogen (secondary N) is 1. The SMILES string of the molecule is CCCn1c(=NC(=O)c2ccc(NS(=O)(=O)c3ccc(C)cc3)cc2)sc2cc(C)c(C)cc21. The highest BCUT2D eigenvalue weighted by molar-refractivity contribution is 7.92. The van der Waals surface area contributed by atoms with Gasteiger partial charge in [-0.15, -0.1) is 0 Å². The van der Waals surface area contributed by atoms with E-state index in [2.05, 4.69) is 47.2 Å². The van der Waals surface area contributed by atoms with E-state index in [9.17, 15) is 13.2 Å². The molecule has 4 rings (SSSR count). The van der Waals surface area contributed by atoms with E-state index in [4.69, 9.17) is 0 Å². The summed E-state index contributed by atoms with van der Waals surface area (Å²) in [6.45, 7) is 8.93. The van der Waals surface area contributed by atoms with Crippen LogP contribution in [0.1, 0.15) is 40.4 Å². The monoisotopic (exact) mass is 493 g/mol. The van der Waals surface area contributed by atoms with Crippen molar-refractivity contribution < 1.29 is 13.2 Å². The molecule has 0 atom stereocenters. The number of fused-ring (bicyclic) bond motifs is 1. The molecule has 4 aromatic rings. The Morgan fingerprint density at radius 2 is 1.62 bits per heavy atom. The maximum absolute atomic E-state index is 12.9. The van der Waals surface area contributed by atoms with Crippen LogP contribution in [0.5, 0.6) is 0 Å². The normalized spacial score (nSPS) is 12.3. The molecular weight excluding hydrogens is 466 g/mol.